The molecule has 0 radical (unpaired) electrons. The molecule has 1 amide bonds. The van der Waals surface area contributed by atoms with Gasteiger partial charge in [-0.05, 0) is 43.4 Å². The third-order valence-electron chi connectivity index (χ3n) is 3.87. The predicted octanol–water partition coefficient (Wildman–Crippen LogP) is 3.78. The standard InChI is InChI=1S/C17H20N2O2S/c20-17(16-11-22-12-19-16)18-10-13-5-4-8-15(9-13)21-14-6-2-1-3-7-14/h4-5,8-9,11-12,14H,1-3,6-7,10H2,(H,18,20). The van der Waals surface area contributed by atoms with Crippen molar-refractivity contribution in [2.24, 2.45) is 0 Å². The monoisotopic (exact) mass is 316 g/mol. The van der Waals surface area contributed by atoms with E-state index in [1.54, 1.807) is 10.9 Å². The smallest absolute Gasteiger partial charge is 0.271 e. The van der Waals surface area contributed by atoms with E-state index in [0.29, 0.717) is 18.3 Å². The fourth-order valence-corrected chi connectivity index (χ4v) is 3.23. The van der Waals surface area contributed by atoms with Crippen molar-refractivity contribution in [2.75, 3.05) is 0 Å². The first-order valence-corrected chi connectivity index (χ1v) is 8.67. The highest BCUT2D eigenvalue weighted by Crippen LogP contribution is 2.23. The summed E-state index contributed by atoms with van der Waals surface area (Å²) >= 11 is 1.42. The molecule has 0 atom stereocenters. The zero-order valence-electron chi connectivity index (χ0n) is 12.5. The van der Waals surface area contributed by atoms with E-state index in [0.717, 1.165) is 24.2 Å². The molecule has 1 aromatic carbocycles. The first-order valence-electron chi connectivity index (χ1n) is 7.73. The lowest BCUT2D eigenvalue weighted by Crippen LogP contribution is -2.23. The fraction of sp³-hybridized carbons (Fsp3) is 0.412. The Labute approximate surface area is 134 Å². The third kappa shape index (κ3) is 4.07. The first-order chi connectivity index (χ1) is 10.8. The summed E-state index contributed by atoms with van der Waals surface area (Å²) in [6, 6.07) is 7.97. The summed E-state index contributed by atoms with van der Waals surface area (Å²) in [4.78, 5) is 15.9. The average Bonchev–Trinajstić information content (AvgIpc) is 3.08. The van der Waals surface area contributed by atoms with E-state index in [-0.39, 0.29) is 5.91 Å². The Morgan fingerprint density at radius 1 is 1.32 bits per heavy atom. The minimum atomic E-state index is -0.139. The Morgan fingerprint density at radius 2 is 2.18 bits per heavy atom. The van der Waals surface area contributed by atoms with E-state index in [2.05, 4.69) is 10.3 Å². The van der Waals surface area contributed by atoms with E-state index in [4.69, 9.17) is 4.74 Å². The number of carbonyl (C=O) groups is 1. The number of thiazole rings is 1. The van der Waals surface area contributed by atoms with E-state index in [1.807, 2.05) is 24.3 Å². The molecule has 0 spiro atoms. The number of hydrogen-bond donors (Lipinski definition) is 1. The number of ether oxygens (including phenoxy) is 1. The summed E-state index contributed by atoms with van der Waals surface area (Å²) in [6.07, 6.45) is 6.47. The summed E-state index contributed by atoms with van der Waals surface area (Å²) in [6.45, 7) is 0.484. The van der Waals surface area contributed by atoms with Crippen LogP contribution in [-0.4, -0.2) is 17.0 Å². The fourth-order valence-electron chi connectivity index (χ4n) is 2.70. The zero-order valence-corrected chi connectivity index (χ0v) is 13.3. The SMILES string of the molecule is O=C(NCc1cccc(OC2CCCCC2)c1)c1cscn1. The second-order valence-electron chi connectivity index (χ2n) is 5.58. The molecule has 3 rings (SSSR count). The van der Waals surface area contributed by atoms with Crippen LogP contribution in [0.2, 0.25) is 0 Å². The van der Waals surface area contributed by atoms with Crippen LogP contribution in [0, 0.1) is 0 Å². The van der Waals surface area contributed by atoms with Crippen molar-refractivity contribution in [2.45, 2.75) is 44.8 Å². The summed E-state index contributed by atoms with van der Waals surface area (Å²) < 4.78 is 6.05. The van der Waals surface area contributed by atoms with Crippen molar-refractivity contribution in [3.05, 3.63) is 46.4 Å². The molecule has 0 bridgehead atoms. The molecule has 1 aromatic heterocycles. The molecule has 1 N–H and O–H groups in total. The Kier molecular flexibility index (Phi) is 5.06. The lowest BCUT2D eigenvalue weighted by atomic mass is 9.98. The summed E-state index contributed by atoms with van der Waals surface area (Å²) in [5, 5.41) is 4.63. The summed E-state index contributed by atoms with van der Waals surface area (Å²) in [5.74, 6) is 0.757. The second kappa shape index (κ2) is 7.40. The molecule has 22 heavy (non-hydrogen) atoms. The predicted molar refractivity (Wildman–Crippen MR) is 87.2 cm³/mol. The molecule has 1 aliphatic rings. The zero-order chi connectivity index (χ0) is 15.2. The minimum absolute atomic E-state index is 0.139. The third-order valence-corrected chi connectivity index (χ3v) is 4.46. The van der Waals surface area contributed by atoms with Crippen LogP contribution < -0.4 is 10.1 Å². The molecule has 1 aliphatic carbocycles. The van der Waals surface area contributed by atoms with Gasteiger partial charge in [0.05, 0.1) is 11.6 Å². The van der Waals surface area contributed by atoms with Gasteiger partial charge in [0.25, 0.3) is 5.91 Å². The van der Waals surface area contributed by atoms with Crippen molar-refractivity contribution in [1.29, 1.82) is 0 Å². The summed E-state index contributed by atoms with van der Waals surface area (Å²) in [5.41, 5.74) is 3.17. The van der Waals surface area contributed by atoms with Gasteiger partial charge in [-0.15, -0.1) is 11.3 Å². The quantitative estimate of drug-likeness (QED) is 0.913. The number of amides is 1. The molecule has 1 heterocycles. The lowest BCUT2D eigenvalue weighted by molar-refractivity contribution is 0.0946. The van der Waals surface area contributed by atoms with Crippen LogP contribution in [-0.2, 0) is 6.54 Å². The molecule has 4 nitrogen and oxygen atoms in total. The van der Waals surface area contributed by atoms with Gasteiger partial charge in [-0.3, -0.25) is 4.79 Å². The van der Waals surface area contributed by atoms with Crippen molar-refractivity contribution in [1.82, 2.24) is 10.3 Å². The van der Waals surface area contributed by atoms with E-state index < -0.39 is 0 Å². The van der Waals surface area contributed by atoms with Crippen LogP contribution in [0.15, 0.2) is 35.2 Å². The van der Waals surface area contributed by atoms with E-state index in [9.17, 15) is 4.79 Å². The number of hydrogen-bond acceptors (Lipinski definition) is 4. The van der Waals surface area contributed by atoms with Crippen LogP contribution in [0.5, 0.6) is 5.75 Å². The molecule has 1 saturated carbocycles. The van der Waals surface area contributed by atoms with Crippen LogP contribution in [0.25, 0.3) is 0 Å². The van der Waals surface area contributed by atoms with E-state index >= 15 is 0 Å². The van der Waals surface area contributed by atoms with Crippen molar-refractivity contribution < 1.29 is 9.53 Å². The molecule has 0 saturated heterocycles. The minimum Gasteiger partial charge on any atom is -0.490 e. The summed E-state index contributed by atoms with van der Waals surface area (Å²) in [7, 11) is 0. The maximum atomic E-state index is 11.9. The van der Waals surface area contributed by atoms with Gasteiger partial charge in [-0.25, -0.2) is 4.98 Å². The lowest BCUT2D eigenvalue weighted by Gasteiger charge is -2.23. The number of aromatic nitrogens is 1. The van der Waals surface area contributed by atoms with Crippen molar-refractivity contribution in [3.63, 3.8) is 0 Å². The number of carbonyl (C=O) groups excluding carboxylic acids is 1. The van der Waals surface area contributed by atoms with Gasteiger partial charge in [0.15, 0.2) is 0 Å². The maximum Gasteiger partial charge on any atom is 0.271 e. The highest BCUT2D eigenvalue weighted by Gasteiger charge is 2.15. The number of nitrogens with one attached hydrogen (secondary N) is 1. The van der Waals surface area contributed by atoms with Crippen LogP contribution in [0.3, 0.4) is 0 Å². The first kappa shape index (κ1) is 15.0. The van der Waals surface area contributed by atoms with Crippen molar-refractivity contribution >= 4 is 17.2 Å². The highest BCUT2D eigenvalue weighted by atomic mass is 32.1. The highest BCUT2D eigenvalue weighted by molar-refractivity contribution is 7.07. The van der Waals surface area contributed by atoms with Gasteiger partial charge in [0.2, 0.25) is 0 Å². The molecular weight excluding hydrogens is 296 g/mol. The van der Waals surface area contributed by atoms with Crippen LogP contribution >= 0.6 is 11.3 Å². The Morgan fingerprint density at radius 3 is 2.95 bits per heavy atom. The molecule has 2 aromatic rings. The molecule has 116 valence electrons. The van der Waals surface area contributed by atoms with Gasteiger partial charge in [0, 0.05) is 11.9 Å². The number of benzene rings is 1. The molecule has 1 fully saturated rings. The average molecular weight is 316 g/mol. The van der Waals surface area contributed by atoms with Gasteiger partial charge < -0.3 is 10.1 Å². The Hall–Kier alpha value is -1.88. The van der Waals surface area contributed by atoms with Crippen molar-refractivity contribution in [3.8, 4) is 5.75 Å². The second-order valence-corrected chi connectivity index (χ2v) is 6.30. The topological polar surface area (TPSA) is 51.2 Å². The van der Waals surface area contributed by atoms with E-state index in [1.165, 1.54) is 30.6 Å². The Balaban J connectivity index is 1.55. The molecule has 0 aliphatic heterocycles. The maximum absolute atomic E-state index is 11.9. The number of rotatable bonds is 5. The molecular formula is C17H20N2O2S. The molecule has 5 heteroatoms. The van der Waals surface area contributed by atoms with Crippen LogP contribution in [0.4, 0.5) is 0 Å². The number of nitrogens with zero attached hydrogens (tertiary/aromatic N) is 1. The van der Waals surface area contributed by atoms with Gasteiger partial charge in [-0.2, -0.15) is 0 Å². The normalized spacial score (nSPS) is 15.5. The Bertz CT molecular complexity index is 607. The molecule has 0 unspecified atom stereocenters. The van der Waals surface area contributed by atoms with Gasteiger partial charge >= 0.3 is 0 Å². The van der Waals surface area contributed by atoms with Crippen LogP contribution in [0.1, 0.15) is 48.2 Å². The van der Waals surface area contributed by atoms with Gasteiger partial charge in [-0.1, -0.05) is 18.6 Å². The van der Waals surface area contributed by atoms with Gasteiger partial charge in [0.1, 0.15) is 11.4 Å². The largest absolute Gasteiger partial charge is 0.490 e.